The third kappa shape index (κ3) is 7.16. The molecular formula is C71H59N3. The Morgan fingerprint density at radius 2 is 0.973 bits per heavy atom. The van der Waals surface area contributed by atoms with Crippen molar-refractivity contribution in [3.8, 4) is 22.3 Å². The second-order valence-corrected chi connectivity index (χ2v) is 21.5. The Kier molecular flexibility index (Phi) is 10.6. The molecule has 2 heterocycles. The zero-order valence-electron chi connectivity index (χ0n) is 42.3. The molecule has 3 heteroatoms. The lowest BCUT2D eigenvalue weighted by atomic mass is 9.67. The number of aryl methyl sites for hydroxylation is 1. The predicted molar refractivity (Wildman–Crippen MR) is 311 cm³/mol. The van der Waals surface area contributed by atoms with Crippen LogP contribution < -0.4 is 14.7 Å². The van der Waals surface area contributed by atoms with Crippen LogP contribution in [0.1, 0.15) is 83.2 Å². The molecule has 0 bridgehead atoms. The Balaban J connectivity index is 0.842. The molecule has 0 atom stereocenters. The van der Waals surface area contributed by atoms with Crippen LogP contribution in [0.5, 0.6) is 0 Å². The number of fused-ring (bicyclic) bond motifs is 9. The van der Waals surface area contributed by atoms with E-state index in [1.807, 2.05) is 0 Å². The van der Waals surface area contributed by atoms with E-state index in [0.29, 0.717) is 0 Å². The standard InChI is InChI=1S/C71H59N3/c1-70(2)61-45-50(35-39-57(61)58-41-37-55(47-62(58)70)72-44-18-21-52-20-11-12-26-65(52)72)33-34-51-36-40-59-60-42-38-56(48-64(60)71(63(59)46-51,53-22-7-3-8-23-53)54-24-9-4-10-25-54)74-68-29-15-13-27-66(68)73(67-28-14-16-30-69(67)74)43-17-5-6-19-49-31-32-49/h3-17,19-20,22-30,33-42,45-49H,18,21,31-32,43-44H2,1-2H3. The van der Waals surface area contributed by atoms with Gasteiger partial charge in [-0.2, -0.15) is 0 Å². The van der Waals surface area contributed by atoms with Crippen LogP contribution in [0.2, 0.25) is 0 Å². The molecule has 0 saturated heterocycles. The smallest absolute Gasteiger partial charge is 0.0714 e. The summed E-state index contributed by atoms with van der Waals surface area (Å²) >= 11 is 0. The largest absolute Gasteiger partial charge is 0.341 e. The number of benzene rings is 9. The molecule has 9 aromatic rings. The van der Waals surface area contributed by atoms with Gasteiger partial charge in [0.1, 0.15) is 0 Å². The summed E-state index contributed by atoms with van der Waals surface area (Å²) in [5, 5.41) is 0. The minimum atomic E-state index is -0.578. The van der Waals surface area contributed by atoms with Crippen molar-refractivity contribution in [2.75, 3.05) is 27.8 Å². The van der Waals surface area contributed by atoms with Gasteiger partial charge in [0.05, 0.1) is 28.2 Å². The summed E-state index contributed by atoms with van der Waals surface area (Å²) in [4.78, 5) is 7.48. The highest BCUT2D eigenvalue weighted by Gasteiger charge is 2.47. The van der Waals surface area contributed by atoms with E-state index in [9.17, 15) is 0 Å². The van der Waals surface area contributed by atoms with Crippen LogP contribution in [0.25, 0.3) is 34.4 Å². The van der Waals surface area contributed by atoms with Gasteiger partial charge in [0.2, 0.25) is 0 Å². The summed E-state index contributed by atoms with van der Waals surface area (Å²) in [6, 6.07) is 77.8. The van der Waals surface area contributed by atoms with Crippen LogP contribution in [0.15, 0.2) is 231 Å². The summed E-state index contributed by atoms with van der Waals surface area (Å²) in [5.74, 6) is 0.763. The Bertz CT molecular complexity index is 3650. The van der Waals surface area contributed by atoms with Gasteiger partial charge in [0, 0.05) is 35.6 Å². The molecule has 1 saturated carbocycles. The minimum absolute atomic E-state index is 0.134. The fourth-order valence-corrected chi connectivity index (χ4v) is 13.0. The first-order valence-electron chi connectivity index (χ1n) is 26.8. The zero-order valence-corrected chi connectivity index (χ0v) is 42.3. The molecule has 0 unspecified atom stereocenters. The van der Waals surface area contributed by atoms with Gasteiger partial charge in [-0.05, 0) is 165 Å². The molecular weight excluding hydrogens is 895 g/mol. The lowest BCUT2D eigenvalue weighted by molar-refractivity contribution is 0.659. The minimum Gasteiger partial charge on any atom is -0.341 e. The van der Waals surface area contributed by atoms with Crippen LogP contribution in [0, 0.1) is 5.92 Å². The average Bonchev–Trinajstić information content (AvgIpc) is 4.24. The summed E-state index contributed by atoms with van der Waals surface area (Å²) in [7, 11) is 0. The van der Waals surface area contributed by atoms with Gasteiger partial charge >= 0.3 is 0 Å². The van der Waals surface area contributed by atoms with E-state index in [1.54, 1.807) is 0 Å². The maximum absolute atomic E-state index is 2.53. The second kappa shape index (κ2) is 17.7. The molecule has 74 heavy (non-hydrogen) atoms. The molecule has 1 fully saturated rings. The van der Waals surface area contributed by atoms with Crippen molar-refractivity contribution in [1.29, 1.82) is 0 Å². The van der Waals surface area contributed by atoms with Crippen molar-refractivity contribution in [3.63, 3.8) is 0 Å². The maximum atomic E-state index is 2.53. The SMILES string of the molecule is CC1(C)c2cc(C=Cc3ccc4c(c3)C(c3ccccc3)(c3ccccc3)c3cc(N5c6ccccc6N(CC=CC=CC6CC6)c6ccccc65)ccc3-4)ccc2-c2ccc(N3CCCc4ccccc43)cc21. The fraction of sp³-hybridized carbons (Fsp3) is 0.155. The lowest BCUT2D eigenvalue weighted by Gasteiger charge is -2.40. The number of nitrogens with zero attached hydrogens (tertiary/aromatic N) is 3. The van der Waals surface area contributed by atoms with Gasteiger partial charge in [-0.1, -0.05) is 196 Å². The van der Waals surface area contributed by atoms with Crippen LogP contribution in [0.3, 0.4) is 0 Å². The predicted octanol–water partition coefficient (Wildman–Crippen LogP) is 18.1. The van der Waals surface area contributed by atoms with Crippen molar-refractivity contribution in [3.05, 3.63) is 281 Å². The number of anilines is 7. The van der Waals surface area contributed by atoms with E-state index in [1.165, 1.54) is 126 Å². The highest BCUT2D eigenvalue weighted by molar-refractivity contribution is 5.99. The number of hydrogen-bond acceptors (Lipinski definition) is 3. The van der Waals surface area contributed by atoms with Gasteiger partial charge < -0.3 is 14.7 Å². The molecule has 0 amide bonds. The second-order valence-electron chi connectivity index (χ2n) is 21.5. The summed E-state index contributed by atoms with van der Waals surface area (Å²) in [6.45, 7) is 6.64. The number of para-hydroxylation sites is 5. The van der Waals surface area contributed by atoms with E-state index >= 15 is 0 Å². The Morgan fingerprint density at radius 1 is 0.473 bits per heavy atom. The quantitative estimate of drug-likeness (QED) is 0.0999. The molecule has 358 valence electrons. The zero-order chi connectivity index (χ0) is 49.4. The normalized spacial score (nSPS) is 16.5. The topological polar surface area (TPSA) is 9.72 Å². The van der Waals surface area contributed by atoms with Crippen LogP contribution in [0.4, 0.5) is 39.8 Å². The molecule has 3 nitrogen and oxygen atoms in total. The van der Waals surface area contributed by atoms with E-state index < -0.39 is 5.41 Å². The summed E-state index contributed by atoms with van der Waals surface area (Å²) in [6.07, 6.45) is 18.7. The number of hydrogen-bond donors (Lipinski definition) is 0. The van der Waals surface area contributed by atoms with E-state index in [0.717, 1.165) is 31.1 Å². The van der Waals surface area contributed by atoms with Gasteiger partial charge in [-0.15, -0.1) is 0 Å². The van der Waals surface area contributed by atoms with Crippen molar-refractivity contribution in [2.45, 2.75) is 50.4 Å². The molecule has 5 aliphatic rings. The molecule has 9 aromatic carbocycles. The van der Waals surface area contributed by atoms with E-state index in [4.69, 9.17) is 0 Å². The van der Waals surface area contributed by atoms with Crippen molar-refractivity contribution < 1.29 is 0 Å². The Labute approximate surface area is 436 Å². The van der Waals surface area contributed by atoms with Gasteiger partial charge in [0.15, 0.2) is 0 Å². The van der Waals surface area contributed by atoms with E-state index in [-0.39, 0.29) is 5.41 Å². The van der Waals surface area contributed by atoms with Crippen LogP contribution in [-0.4, -0.2) is 13.1 Å². The van der Waals surface area contributed by atoms with Crippen molar-refractivity contribution >= 4 is 52.0 Å². The average molecular weight is 954 g/mol. The molecule has 0 spiro atoms. The highest BCUT2D eigenvalue weighted by atomic mass is 15.3. The molecule has 3 aliphatic carbocycles. The van der Waals surface area contributed by atoms with Crippen molar-refractivity contribution in [2.24, 2.45) is 5.92 Å². The number of allylic oxidation sites excluding steroid dienone is 3. The maximum Gasteiger partial charge on any atom is 0.0714 e. The monoisotopic (exact) mass is 953 g/mol. The summed E-state index contributed by atoms with van der Waals surface area (Å²) in [5.41, 5.74) is 24.8. The van der Waals surface area contributed by atoms with Gasteiger partial charge in [-0.25, -0.2) is 0 Å². The van der Waals surface area contributed by atoms with Gasteiger partial charge in [0.25, 0.3) is 0 Å². The first-order chi connectivity index (χ1) is 36.4. The molecule has 0 N–H and O–H groups in total. The Morgan fingerprint density at radius 3 is 1.61 bits per heavy atom. The van der Waals surface area contributed by atoms with Crippen LogP contribution >= 0.6 is 0 Å². The first kappa shape index (κ1) is 44.3. The molecule has 2 aliphatic heterocycles. The highest BCUT2D eigenvalue weighted by Crippen LogP contribution is 2.59. The molecule has 0 aromatic heterocycles. The molecule has 0 radical (unpaired) electrons. The fourth-order valence-electron chi connectivity index (χ4n) is 13.0. The third-order valence-electron chi connectivity index (χ3n) is 16.8. The lowest BCUT2D eigenvalue weighted by Crippen LogP contribution is -2.29. The summed E-state index contributed by atoms with van der Waals surface area (Å²) < 4.78 is 0. The molecule has 14 rings (SSSR count). The van der Waals surface area contributed by atoms with E-state index in [2.05, 4.69) is 271 Å². The Hall–Kier alpha value is -8.40. The number of rotatable bonds is 10. The first-order valence-corrected chi connectivity index (χ1v) is 26.8. The third-order valence-corrected chi connectivity index (χ3v) is 16.8. The van der Waals surface area contributed by atoms with Crippen LogP contribution in [-0.2, 0) is 17.3 Å². The van der Waals surface area contributed by atoms with Crippen molar-refractivity contribution in [1.82, 2.24) is 0 Å². The van der Waals surface area contributed by atoms with Gasteiger partial charge in [-0.3, -0.25) is 0 Å².